The first kappa shape index (κ1) is 15.6. The Bertz CT molecular complexity index is 858. The standard InChI is InChI=1S/C17H15F3N2O/c1-16(2)21-14-9-8-12(17(18,19)20)10-13(14)15(22(16)23)11-6-4-3-5-7-11/h3-10,23H,1-2H3. The minimum absolute atomic E-state index is 0.257. The summed E-state index contributed by atoms with van der Waals surface area (Å²) in [5.41, 5.74) is -0.809. The monoisotopic (exact) mass is 320 g/mol. The summed E-state index contributed by atoms with van der Waals surface area (Å²) in [5.74, 6) is 0. The number of benzene rings is 2. The lowest BCUT2D eigenvalue weighted by molar-refractivity contribution is -0.137. The van der Waals surface area contributed by atoms with E-state index in [1.807, 2.05) is 0 Å². The normalized spacial score (nSPS) is 16.8. The van der Waals surface area contributed by atoms with Crippen LogP contribution in [0.15, 0.2) is 53.5 Å². The van der Waals surface area contributed by atoms with E-state index in [9.17, 15) is 18.4 Å². The molecule has 23 heavy (non-hydrogen) atoms. The molecular weight excluding hydrogens is 305 g/mol. The SMILES string of the molecule is CC1(C)N=c2ccc(C(F)(F)F)cc2=C(c2ccccc2)N1O. The van der Waals surface area contributed by atoms with Crippen LogP contribution in [0, 0.1) is 0 Å². The molecule has 1 N–H and O–H groups in total. The van der Waals surface area contributed by atoms with Crippen molar-refractivity contribution in [3.05, 3.63) is 70.2 Å². The molecular formula is C17H15F3N2O. The van der Waals surface area contributed by atoms with Crippen LogP contribution in [0.25, 0.3) is 5.70 Å². The molecule has 3 rings (SSSR count). The van der Waals surface area contributed by atoms with Crippen molar-refractivity contribution < 1.29 is 18.4 Å². The lowest BCUT2D eigenvalue weighted by Crippen LogP contribution is -2.50. The third kappa shape index (κ3) is 2.70. The molecule has 0 unspecified atom stereocenters. The van der Waals surface area contributed by atoms with Gasteiger partial charge in [-0.15, -0.1) is 0 Å². The largest absolute Gasteiger partial charge is 0.416 e. The number of halogens is 3. The molecule has 0 fully saturated rings. The first-order chi connectivity index (χ1) is 10.7. The number of hydroxylamine groups is 2. The molecule has 0 aliphatic carbocycles. The fourth-order valence-electron chi connectivity index (χ4n) is 2.60. The summed E-state index contributed by atoms with van der Waals surface area (Å²) < 4.78 is 39.1. The van der Waals surface area contributed by atoms with Gasteiger partial charge in [-0.2, -0.15) is 13.2 Å². The van der Waals surface area contributed by atoms with Crippen molar-refractivity contribution in [2.75, 3.05) is 0 Å². The highest BCUT2D eigenvalue weighted by atomic mass is 19.4. The average Bonchev–Trinajstić information content (AvgIpc) is 2.48. The van der Waals surface area contributed by atoms with Crippen molar-refractivity contribution in [1.82, 2.24) is 5.06 Å². The number of nitrogens with zero attached hydrogens (tertiary/aromatic N) is 2. The summed E-state index contributed by atoms with van der Waals surface area (Å²) in [4.78, 5) is 4.35. The summed E-state index contributed by atoms with van der Waals surface area (Å²) in [5, 5.41) is 12.1. The summed E-state index contributed by atoms with van der Waals surface area (Å²) in [6.07, 6.45) is -4.45. The molecule has 0 atom stereocenters. The maximum Gasteiger partial charge on any atom is 0.416 e. The number of hydrogen-bond acceptors (Lipinski definition) is 3. The van der Waals surface area contributed by atoms with Gasteiger partial charge in [-0.3, -0.25) is 10.2 Å². The Balaban J connectivity index is 2.41. The van der Waals surface area contributed by atoms with Crippen LogP contribution in [-0.4, -0.2) is 15.9 Å². The smallest absolute Gasteiger partial charge is 0.286 e. The molecule has 0 aromatic heterocycles. The van der Waals surface area contributed by atoms with Crippen molar-refractivity contribution in [3.63, 3.8) is 0 Å². The van der Waals surface area contributed by atoms with E-state index in [4.69, 9.17) is 0 Å². The number of hydrogen-bond donors (Lipinski definition) is 1. The van der Waals surface area contributed by atoms with Gasteiger partial charge in [0.15, 0.2) is 5.66 Å². The third-order valence-electron chi connectivity index (χ3n) is 3.75. The Morgan fingerprint density at radius 3 is 2.30 bits per heavy atom. The third-order valence-corrected chi connectivity index (χ3v) is 3.75. The van der Waals surface area contributed by atoms with E-state index < -0.39 is 17.4 Å². The molecule has 1 aliphatic heterocycles. The van der Waals surface area contributed by atoms with Crippen LogP contribution in [0.4, 0.5) is 13.2 Å². The van der Waals surface area contributed by atoms with E-state index >= 15 is 0 Å². The van der Waals surface area contributed by atoms with Crippen LogP contribution in [-0.2, 0) is 6.18 Å². The quantitative estimate of drug-likeness (QED) is 0.877. The van der Waals surface area contributed by atoms with Gasteiger partial charge in [-0.1, -0.05) is 30.3 Å². The lowest BCUT2D eigenvalue weighted by Gasteiger charge is -2.36. The predicted octanol–water partition coefficient (Wildman–Crippen LogP) is 2.92. The lowest BCUT2D eigenvalue weighted by atomic mass is 10.0. The van der Waals surface area contributed by atoms with E-state index in [-0.39, 0.29) is 5.22 Å². The van der Waals surface area contributed by atoms with E-state index in [2.05, 4.69) is 4.99 Å². The summed E-state index contributed by atoms with van der Waals surface area (Å²) in [7, 11) is 0. The van der Waals surface area contributed by atoms with Crippen molar-refractivity contribution in [3.8, 4) is 0 Å². The molecule has 6 heteroatoms. The van der Waals surface area contributed by atoms with Gasteiger partial charge < -0.3 is 0 Å². The Morgan fingerprint density at radius 1 is 1.04 bits per heavy atom. The summed E-state index contributed by atoms with van der Waals surface area (Å²) >= 11 is 0. The van der Waals surface area contributed by atoms with E-state index in [1.54, 1.807) is 44.2 Å². The zero-order chi connectivity index (χ0) is 16.8. The van der Waals surface area contributed by atoms with Gasteiger partial charge in [-0.05, 0) is 32.0 Å². The highest BCUT2D eigenvalue weighted by molar-refractivity contribution is 5.64. The minimum atomic E-state index is -4.45. The van der Waals surface area contributed by atoms with Crippen LogP contribution in [0.1, 0.15) is 25.0 Å². The summed E-state index contributed by atoms with van der Waals surface area (Å²) in [6.45, 7) is 3.38. The molecule has 2 aromatic carbocycles. The zero-order valence-electron chi connectivity index (χ0n) is 12.6. The highest BCUT2D eigenvalue weighted by Gasteiger charge is 2.34. The Kier molecular flexibility index (Phi) is 3.44. The van der Waals surface area contributed by atoms with Gasteiger partial charge in [0.1, 0.15) is 0 Å². The van der Waals surface area contributed by atoms with Gasteiger partial charge in [0, 0.05) is 10.8 Å². The first-order valence-electron chi connectivity index (χ1n) is 7.06. The van der Waals surface area contributed by atoms with Crippen LogP contribution in [0.5, 0.6) is 0 Å². The fourth-order valence-corrected chi connectivity index (χ4v) is 2.60. The molecule has 0 amide bonds. The summed E-state index contributed by atoms with van der Waals surface area (Å²) in [6, 6.07) is 12.2. The number of rotatable bonds is 1. The van der Waals surface area contributed by atoms with Gasteiger partial charge in [-0.25, -0.2) is 5.06 Å². The molecule has 120 valence electrons. The molecule has 1 heterocycles. The number of fused-ring (bicyclic) bond motifs is 1. The second-order valence-corrected chi connectivity index (χ2v) is 5.86. The van der Waals surface area contributed by atoms with E-state index in [0.29, 0.717) is 16.6 Å². The van der Waals surface area contributed by atoms with Crippen molar-refractivity contribution >= 4 is 5.70 Å². The van der Waals surface area contributed by atoms with E-state index in [0.717, 1.165) is 17.2 Å². The number of alkyl halides is 3. The minimum Gasteiger partial charge on any atom is -0.286 e. The van der Waals surface area contributed by atoms with Crippen LogP contribution in [0.3, 0.4) is 0 Å². The molecule has 0 bridgehead atoms. The van der Waals surface area contributed by atoms with E-state index in [1.165, 1.54) is 6.07 Å². The molecule has 3 nitrogen and oxygen atoms in total. The molecule has 2 aromatic rings. The second-order valence-electron chi connectivity index (χ2n) is 5.86. The fraction of sp³-hybridized carbons (Fsp3) is 0.235. The zero-order valence-corrected chi connectivity index (χ0v) is 12.6. The van der Waals surface area contributed by atoms with Gasteiger partial charge in [0.2, 0.25) is 0 Å². The molecule has 0 saturated carbocycles. The molecule has 0 radical (unpaired) electrons. The van der Waals surface area contributed by atoms with Crippen molar-refractivity contribution in [2.45, 2.75) is 25.7 Å². The Labute approximate surface area is 131 Å². The van der Waals surface area contributed by atoms with Crippen LogP contribution < -0.4 is 10.6 Å². The topological polar surface area (TPSA) is 35.8 Å². The van der Waals surface area contributed by atoms with Gasteiger partial charge in [0.05, 0.1) is 16.6 Å². The maximum atomic E-state index is 13.0. The maximum absolute atomic E-state index is 13.0. The molecule has 0 saturated heterocycles. The van der Waals surface area contributed by atoms with Crippen LogP contribution >= 0.6 is 0 Å². The molecule has 1 aliphatic rings. The second kappa shape index (κ2) is 5.09. The van der Waals surface area contributed by atoms with Crippen LogP contribution in [0.2, 0.25) is 0 Å². The van der Waals surface area contributed by atoms with Crippen molar-refractivity contribution in [1.29, 1.82) is 0 Å². The van der Waals surface area contributed by atoms with Gasteiger partial charge in [0.25, 0.3) is 0 Å². The predicted molar refractivity (Wildman–Crippen MR) is 78.9 cm³/mol. The van der Waals surface area contributed by atoms with Gasteiger partial charge >= 0.3 is 6.18 Å². The Morgan fingerprint density at radius 2 is 1.70 bits per heavy atom. The van der Waals surface area contributed by atoms with Crippen molar-refractivity contribution in [2.24, 2.45) is 4.99 Å². The average molecular weight is 320 g/mol. The first-order valence-corrected chi connectivity index (χ1v) is 7.06. The molecule has 0 spiro atoms. The Hall–Kier alpha value is -2.34. The highest BCUT2D eigenvalue weighted by Crippen LogP contribution is 2.29.